The van der Waals surface area contributed by atoms with Crippen LogP contribution in [0.25, 0.3) is 0 Å². The molecule has 0 heterocycles. The summed E-state index contributed by atoms with van der Waals surface area (Å²) in [5.41, 5.74) is 2.79. The molecule has 0 saturated heterocycles. The molecule has 1 fully saturated rings. The third-order valence-electron chi connectivity index (χ3n) is 2.93. The summed E-state index contributed by atoms with van der Waals surface area (Å²) in [5.74, 6) is -0.412. The number of hydrazone groups is 1. The zero-order valence-electron chi connectivity index (χ0n) is 10.3. The van der Waals surface area contributed by atoms with Crippen LogP contribution in [-0.2, 0) is 4.79 Å². The third kappa shape index (κ3) is 6.51. The monoisotopic (exact) mass is 234 g/mol. The van der Waals surface area contributed by atoms with Crippen LogP contribution >= 0.6 is 0 Å². The van der Waals surface area contributed by atoms with Gasteiger partial charge < -0.3 is 15.3 Å². The Kier molecular flexibility index (Phi) is 8.99. The normalized spacial score (nSPS) is 17.7. The van der Waals surface area contributed by atoms with Gasteiger partial charge in [-0.3, -0.25) is 0 Å². The second-order valence-corrected chi connectivity index (χ2v) is 4.19. The molecule has 1 aliphatic carbocycles. The molecule has 86 valence electrons. The minimum atomic E-state index is -1.21. The van der Waals surface area contributed by atoms with Crippen molar-refractivity contribution >= 4 is 11.7 Å². The molecule has 0 aromatic rings. The van der Waals surface area contributed by atoms with Crippen molar-refractivity contribution in [3.05, 3.63) is 0 Å². The van der Waals surface area contributed by atoms with E-state index in [-0.39, 0.29) is 35.3 Å². The van der Waals surface area contributed by atoms with Gasteiger partial charge in [0.05, 0.1) is 11.7 Å². The molecule has 0 spiro atoms. The van der Waals surface area contributed by atoms with Crippen LogP contribution in [0.1, 0.15) is 45.4 Å². The third-order valence-corrected chi connectivity index (χ3v) is 2.93. The minimum absolute atomic E-state index is 0. The van der Waals surface area contributed by atoms with Gasteiger partial charge in [0.25, 0.3) is 0 Å². The van der Waals surface area contributed by atoms with Crippen molar-refractivity contribution in [2.75, 3.05) is 6.54 Å². The number of hydrogen-bond acceptors (Lipinski definition) is 4. The first-order valence-electron chi connectivity index (χ1n) is 5.68. The number of carbonyl (C=O) groups excluding carboxylic acids is 1. The van der Waals surface area contributed by atoms with Crippen LogP contribution in [0.15, 0.2) is 5.10 Å². The quantitative estimate of drug-likeness (QED) is 0.251. The largest absolute Gasteiger partial charge is 1.00 e. The summed E-state index contributed by atoms with van der Waals surface area (Å²) in [6.07, 6.45) is 7.75. The first-order chi connectivity index (χ1) is 7.20. The number of rotatable bonds is 5. The van der Waals surface area contributed by atoms with Gasteiger partial charge in [0, 0.05) is 6.54 Å². The number of hydrogen-bond donors (Lipinski definition) is 1. The Balaban J connectivity index is 0.00000225. The van der Waals surface area contributed by atoms with E-state index in [9.17, 15) is 9.90 Å². The molecule has 0 unspecified atom stereocenters. The summed E-state index contributed by atoms with van der Waals surface area (Å²) < 4.78 is 0. The van der Waals surface area contributed by atoms with E-state index >= 15 is 0 Å². The van der Waals surface area contributed by atoms with Crippen molar-refractivity contribution in [3.63, 3.8) is 0 Å². The number of carboxylic acids is 1. The van der Waals surface area contributed by atoms with Crippen LogP contribution in [0.5, 0.6) is 0 Å². The maximum absolute atomic E-state index is 10.3. The van der Waals surface area contributed by atoms with Gasteiger partial charge in [-0.1, -0.05) is 32.1 Å². The molecule has 0 amide bonds. The molecule has 0 radical (unpaired) electrons. The number of nitrogens with zero attached hydrogens (tertiary/aromatic N) is 1. The van der Waals surface area contributed by atoms with Crippen molar-refractivity contribution in [2.45, 2.75) is 45.4 Å². The van der Waals surface area contributed by atoms with E-state index in [1.54, 1.807) is 0 Å². The fourth-order valence-corrected chi connectivity index (χ4v) is 1.96. The van der Waals surface area contributed by atoms with Gasteiger partial charge in [-0.2, -0.15) is 5.10 Å². The van der Waals surface area contributed by atoms with Crippen molar-refractivity contribution in [1.82, 2.24) is 5.43 Å². The minimum Gasteiger partial charge on any atom is -0.543 e. The van der Waals surface area contributed by atoms with Crippen LogP contribution in [0, 0.1) is 5.92 Å². The fourth-order valence-electron chi connectivity index (χ4n) is 1.96. The summed E-state index contributed by atoms with van der Waals surface area (Å²) in [4.78, 5) is 10.3. The number of carboxylic acid groups (broad SMARTS) is 1. The summed E-state index contributed by atoms with van der Waals surface area (Å²) in [7, 11) is 0. The molecule has 4 nitrogen and oxygen atoms in total. The molecule has 0 aromatic carbocycles. The molecule has 1 aliphatic rings. The van der Waals surface area contributed by atoms with Crippen molar-refractivity contribution in [1.29, 1.82) is 0 Å². The van der Waals surface area contributed by atoms with Crippen LogP contribution in [-0.4, -0.2) is 18.2 Å². The predicted molar refractivity (Wildman–Crippen MR) is 57.3 cm³/mol. The summed E-state index contributed by atoms with van der Waals surface area (Å²) in [6, 6.07) is 0. The molecule has 16 heavy (non-hydrogen) atoms. The van der Waals surface area contributed by atoms with Gasteiger partial charge in [0.1, 0.15) is 0 Å². The van der Waals surface area contributed by atoms with Crippen LogP contribution < -0.4 is 40.1 Å². The van der Waals surface area contributed by atoms with Crippen LogP contribution in [0.2, 0.25) is 0 Å². The molecule has 1 rings (SSSR count). The zero-order chi connectivity index (χ0) is 11.1. The maximum Gasteiger partial charge on any atom is 1.00 e. The predicted octanol–water partition coefficient (Wildman–Crippen LogP) is -2.32. The molecule has 0 aromatic heterocycles. The molecule has 0 atom stereocenters. The van der Waals surface area contributed by atoms with E-state index in [0.717, 1.165) is 18.9 Å². The van der Waals surface area contributed by atoms with Gasteiger partial charge in [0.2, 0.25) is 0 Å². The molecule has 1 N–H and O–H groups in total. The summed E-state index contributed by atoms with van der Waals surface area (Å²) >= 11 is 0. The average molecular weight is 234 g/mol. The molecule has 1 saturated carbocycles. The fraction of sp³-hybridized carbons (Fsp3) is 0.818. The smallest absolute Gasteiger partial charge is 0.543 e. The summed E-state index contributed by atoms with van der Waals surface area (Å²) in [5, 5.41) is 14.0. The Labute approximate surface area is 119 Å². The van der Waals surface area contributed by atoms with Crippen molar-refractivity contribution < 1.29 is 39.5 Å². The van der Waals surface area contributed by atoms with E-state index in [2.05, 4.69) is 10.5 Å². The zero-order valence-corrected chi connectivity index (χ0v) is 12.3. The summed E-state index contributed by atoms with van der Waals surface area (Å²) in [6.45, 7) is 2.19. The Hall–Kier alpha value is -0.0600. The number of aliphatic carboxylic acids is 1. The topological polar surface area (TPSA) is 64.5 Å². The van der Waals surface area contributed by atoms with E-state index < -0.39 is 5.97 Å². The number of carbonyl (C=O) groups is 1. The van der Waals surface area contributed by atoms with Crippen molar-refractivity contribution in [3.8, 4) is 0 Å². The van der Waals surface area contributed by atoms with Crippen molar-refractivity contribution in [2.24, 2.45) is 11.0 Å². The SMILES string of the molecule is CC(=NNCCC1CCCCC1)C(=O)[O-].[Na+]. The van der Waals surface area contributed by atoms with Gasteiger partial charge in [-0.05, 0) is 19.3 Å². The molecular formula is C11H19N2NaO2. The molecular weight excluding hydrogens is 215 g/mol. The Morgan fingerprint density at radius 1 is 1.38 bits per heavy atom. The van der Waals surface area contributed by atoms with Gasteiger partial charge in [0.15, 0.2) is 0 Å². The number of nitrogens with one attached hydrogen (secondary N) is 1. The second kappa shape index (κ2) is 9.02. The van der Waals surface area contributed by atoms with Gasteiger partial charge >= 0.3 is 29.6 Å². The van der Waals surface area contributed by atoms with E-state index in [1.165, 1.54) is 39.0 Å². The Morgan fingerprint density at radius 2 is 2.00 bits per heavy atom. The van der Waals surface area contributed by atoms with E-state index in [1.807, 2.05) is 0 Å². The Morgan fingerprint density at radius 3 is 2.56 bits per heavy atom. The van der Waals surface area contributed by atoms with Crippen LogP contribution in [0.3, 0.4) is 0 Å². The van der Waals surface area contributed by atoms with E-state index in [0.29, 0.717) is 0 Å². The van der Waals surface area contributed by atoms with E-state index in [4.69, 9.17) is 0 Å². The second-order valence-electron chi connectivity index (χ2n) is 4.19. The molecule has 0 aliphatic heterocycles. The van der Waals surface area contributed by atoms with Crippen LogP contribution in [0.4, 0.5) is 0 Å². The molecule has 5 heteroatoms. The Bertz CT molecular complexity index is 238. The van der Waals surface area contributed by atoms with Gasteiger partial charge in [-0.15, -0.1) is 0 Å². The van der Waals surface area contributed by atoms with Gasteiger partial charge in [-0.25, -0.2) is 0 Å². The first kappa shape index (κ1) is 15.9. The molecule has 0 bridgehead atoms. The maximum atomic E-state index is 10.3. The standard InChI is InChI=1S/C11H20N2O2.Na/c1-9(11(14)15)13-12-8-7-10-5-3-2-4-6-10;/h10,12H,2-8H2,1H3,(H,14,15);/q;+1/p-1. The average Bonchev–Trinajstić information content (AvgIpc) is 2.25. The first-order valence-corrected chi connectivity index (χ1v) is 5.68.